The van der Waals surface area contributed by atoms with Gasteiger partial charge < -0.3 is 15.2 Å². The molecular weight excluding hydrogens is 496 g/mol. The van der Waals surface area contributed by atoms with Gasteiger partial charge in [-0.3, -0.25) is 9.71 Å². The van der Waals surface area contributed by atoms with Crippen LogP contribution in [0.3, 0.4) is 0 Å². The van der Waals surface area contributed by atoms with E-state index >= 15 is 0 Å². The summed E-state index contributed by atoms with van der Waals surface area (Å²) in [4.78, 5) is 8.20. The van der Waals surface area contributed by atoms with Crippen LogP contribution < -0.4 is 14.8 Å². The lowest BCUT2D eigenvalue weighted by molar-refractivity contribution is 0.146. The Morgan fingerprint density at radius 2 is 1.94 bits per heavy atom. The predicted octanol–water partition coefficient (Wildman–Crippen LogP) is 4.02. The number of pyridine rings is 1. The van der Waals surface area contributed by atoms with Gasteiger partial charge in [0.05, 0.1) is 11.0 Å². The number of ether oxygens (including phenoxy) is 1. The number of nitrogens with zero attached hydrogens (tertiary/aromatic N) is 2. The second kappa shape index (κ2) is 10.8. The Balaban J connectivity index is 1.18. The van der Waals surface area contributed by atoms with Crippen molar-refractivity contribution in [2.75, 3.05) is 17.8 Å². The van der Waals surface area contributed by atoms with Crippen molar-refractivity contribution in [1.29, 1.82) is 0 Å². The third-order valence-electron chi connectivity index (χ3n) is 6.02. The van der Waals surface area contributed by atoms with Crippen LogP contribution in [-0.4, -0.2) is 42.7 Å². The fraction of sp³-hybridized carbons (Fsp3) is 0.231. The average molecular weight is 523 g/mol. The molecule has 2 aromatic heterocycles. The molecule has 0 unspecified atom stereocenters. The Labute approximate surface area is 214 Å². The van der Waals surface area contributed by atoms with E-state index in [1.165, 1.54) is 11.3 Å². The van der Waals surface area contributed by atoms with Crippen LogP contribution in [0.5, 0.6) is 5.75 Å². The van der Waals surface area contributed by atoms with E-state index in [-0.39, 0.29) is 11.0 Å². The van der Waals surface area contributed by atoms with Crippen LogP contribution in [0.4, 0.5) is 5.13 Å². The van der Waals surface area contributed by atoms with Gasteiger partial charge >= 0.3 is 0 Å². The standard InChI is InChI=1S/C26H26N4O4S2/c31-24(21-2-1-11-27-15-21)17-28-16-22-7-3-20-14-19(6-10-25(20)34-22)18-4-8-23(9-5-18)36(32,33)30-26-29-12-13-35-26/h1-2,4-6,8-15,22,24,28,31H,3,7,16-17H2,(H,29,30)/t22-,24+/m1/s1. The third kappa shape index (κ3) is 5.73. The number of nitrogens with one attached hydrogen (secondary N) is 2. The van der Waals surface area contributed by atoms with E-state index < -0.39 is 16.1 Å². The molecule has 5 rings (SSSR count). The Morgan fingerprint density at radius 3 is 2.69 bits per heavy atom. The molecule has 10 heteroatoms. The van der Waals surface area contributed by atoms with Crippen LogP contribution in [-0.2, 0) is 16.4 Å². The second-order valence-electron chi connectivity index (χ2n) is 8.53. The number of benzene rings is 2. The monoisotopic (exact) mass is 522 g/mol. The molecule has 0 amide bonds. The first kappa shape index (κ1) is 24.4. The fourth-order valence-corrected chi connectivity index (χ4v) is 5.90. The SMILES string of the molecule is O=S(=O)(Nc1nccs1)c1ccc(-c2ccc3c(c2)CC[C@H](CNC[C@H](O)c2cccnc2)O3)cc1. The van der Waals surface area contributed by atoms with Crippen molar-refractivity contribution in [2.24, 2.45) is 0 Å². The fourth-order valence-electron chi connectivity index (χ4n) is 4.11. The number of sulfonamides is 1. The molecule has 0 aliphatic carbocycles. The largest absolute Gasteiger partial charge is 0.489 e. The van der Waals surface area contributed by atoms with Gasteiger partial charge in [0.15, 0.2) is 5.13 Å². The zero-order valence-electron chi connectivity index (χ0n) is 19.4. The number of thiazole rings is 1. The maximum atomic E-state index is 12.6. The first-order valence-electron chi connectivity index (χ1n) is 11.6. The van der Waals surface area contributed by atoms with Crippen molar-refractivity contribution in [1.82, 2.24) is 15.3 Å². The van der Waals surface area contributed by atoms with Crippen molar-refractivity contribution >= 4 is 26.5 Å². The number of hydrogen-bond donors (Lipinski definition) is 3. The minimum Gasteiger partial charge on any atom is -0.489 e. The maximum Gasteiger partial charge on any atom is 0.263 e. The molecule has 0 saturated carbocycles. The number of aromatic nitrogens is 2. The lowest BCUT2D eigenvalue weighted by Crippen LogP contribution is -2.36. The zero-order chi connectivity index (χ0) is 25.0. The van der Waals surface area contributed by atoms with Crippen molar-refractivity contribution in [2.45, 2.75) is 29.9 Å². The van der Waals surface area contributed by atoms with Crippen LogP contribution in [0, 0.1) is 0 Å². The van der Waals surface area contributed by atoms with E-state index in [2.05, 4.69) is 26.1 Å². The predicted molar refractivity (Wildman–Crippen MR) is 140 cm³/mol. The van der Waals surface area contributed by atoms with Gasteiger partial charge in [-0.05, 0) is 59.9 Å². The number of aliphatic hydroxyl groups excluding tert-OH is 1. The van der Waals surface area contributed by atoms with Crippen molar-refractivity contribution < 1.29 is 18.3 Å². The summed E-state index contributed by atoms with van der Waals surface area (Å²) in [6.45, 7) is 1.08. The van der Waals surface area contributed by atoms with Gasteiger partial charge in [0.2, 0.25) is 0 Å². The first-order valence-corrected chi connectivity index (χ1v) is 14.0. The molecule has 0 saturated heterocycles. The summed E-state index contributed by atoms with van der Waals surface area (Å²) in [7, 11) is -3.68. The normalized spacial score (nSPS) is 16.1. The summed E-state index contributed by atoms with van der Waals surface area (Å²) >= 11 is 1.23. The second-order valence-corrected chi connectivity index (χ2v) is 11.1. The highest BCUT2D eigenvalue weighted by atomic mass is 32.2. The number of rotatable bonds is 9. The molecule has 8 nitrogen and oxygen atoms in total. The molecule has 0 fully saturated rings. The van der Waals surface area contributed by atoms with Crippen LogP contribution >= 0.6 is 11.3 Å². The molecule has 0 spiro atoms. The molecular formula is C26H26N4O4S2. The van der Waals surface area contributed by atoms with Gasteiger partial charge in [0, 0.05) is 42.6 Å². The van der Waals surface area contributed by atoms with E-state index in [9.17, 15) is 13.5 Å². The van der Waals surface area contributed by atoms with Gasteiger partial charge in [-0.1, -0.05) is 24.3 Å². The highest BCUT2D eigenvalue weighted by Crippen LogP contribution is 2.32. The number of fused-ring (bicyclic) bond motifs is 1. The van der Waals surface area contributed by atoms with Crippen LogP contribution in [0.1, 0.15) is 23.7 Å². The molecule has 0 bridgehead atoms. The molecule has 36 heavy (non-hydrogen) atoms. The third-order valence-corrected chi connectivity index (χ3v) is 8.19. The maximum absolute atomic E-state index is 12.6. The highest BCUT2D eigenvalue weighted by molar-refractivity contribution is 7.93. The Kier molecular flexibility index (Phi) is 7.28. The van der Waals surface area contributed by atoms with Crippen molar-refractivity contribution in [3.8, 4) is 16.9 Å². The quantitative estimate of drug-likeness (QED) is 0.304. The van der Waals surface area contributed by atoms with E-state index in [1.807, 2.05) is 36.4 Å². The number of anilines is 1. The van der Waals surface area contributed by atoms with Crippen LogP contribution in [0.15, 0.2) is 83.5 Å². The number of aryl methyl sites for hydroxylation is 1. The van der Waals surface area contributed by atoms with Crippen molar-refractivity contribution in [3.63, 3.8) is 0 Å². The molecule has 3 N–H and O–H groups in total. The van der Waals surface area contributed by atoms with E-state index in [1.54, 1.807) is 36.1 Å². The molecule has 1 aliphatic heterocycles. The highest BCUT2D eigenvalue weighted by Gasteiger charge is 2.21. The smallest absolute Gasteiger partial charge is 0.263 e. The van der Waals surface area contributed by atoms with Gasteiger partial charge in [-0.25, -0.2) is 13.4 Å². The van der Waals surface area contributed by atoms with Crippen LogP contribution in [0.25, 0.3) is 11.1 Å². The molecule has 3 heterocycles. The molecule has 2 aromatic carbocycles. The summed E-state index contributed by atoms with van der Waals surface area (Å²) in [6, 6.07) is 16.5. The first-order chi connectivity index (χ1) is 17.5. The molecule has 0 radical (unpaired) electrons. The zero-order valence-corrected chi connectivity index (χ0v) is 21.0. The van der Waals surface area contributed by atoms with E-state index in [0.717, 1.165) is 40.8 Å². The van der Waals surface area contributed by atoms with E-state index in [4.69, 9.17) is 4.74 Å². The molecule has 4 aromatic rings. The summed E-state index contributed by atoms with van der Waals surface area (Å²) in [5.74, 6) is 0.858. The molecule has 1 aliphatic rings. The van der Waals surface area contributed by atoms with Gasteiger partial charge in [0.25, 0.3) is 10.0 Å². The van der Waals surface area contributed by atoms with Gasteiger partial charge in [-0.15, -0.1) is 11.3 Å². The average Bonchev–Trinajstić information content (AvgIpc) is 3.41. The van der Waals surface area contributed by atoms with Crippen LogP contribution in [0.2, 0.25) is 0 Å². The number of aliphatic hydroxyl groups is 1. The Morgan fingerprint density at radius 1 is 1.11 bits per heavy atom. The molecule has 2 atom stereocenters. The molecule has 186 valence electrons. The summed E-state index contributed by atoms with van der Waals surface area (Å²) in [5.41, 5.74) is 3.85. The summed E-state index contributed by atoms with van der Waals surface area (Å²) < 4.78 is 33.8. The Hall–Kier alpha value is -3.31. The lowest BCUT2D eigenvalue weighted by Gasteiger charge is -2.27. The minimum atomic E-state index is -3.68. The minimum absolute atomic E-state index is 0.0271. The van der Waals surface area contributed by atoms with E-state index in [0.29, 0.717) is 18.2 Å². The Bertz CT molecular complexity index is 1400. The lowest BCUT2D eigenvalue weighted by atomic mass is 9.97. The van der Waals surface area contributed by atoms with Gasteiger partial charge in [0.1, 0.15) is 11.9 Å². The summed E-state index contributed by atoms with van der Waals surface area (Å²) in [6.07, 6.45) is 6.07. The number of hydrogen-bond acceptors (Lipinski definition) is 8. The summed E-state index contributed by atoms with van der Waals surface area (Å²) in [5, 5.41) is 15.6. The van der Waals surface area contributed by atoms with Crippen molar-refractivity contribution in [3.05, 3.63) is 89.7 Å². The topological polar surface area (TPSA) is 113 Å². The van der Waals surface area contributed by atoms with Gasteiger partial charge in [-0.2, -0.15) is 0 Å².